The molecule has 0 amide bonds. The highest BCUT2D eigenvalue weighted by molar-refractivity contribution is 4.91. The summed E-state index contributed by atoms with van der Waals surface area (Å²) in [7, 11) is 3.91. The first kappa shape index (κ1) is 9.85. The van der Waals surface area contributed by atoms with Gasteiger partial charge in [0.15, 0.2) is 0 Å². The van der Waals surface area contributed by atoms with E-state index < -0.39 is 0 Å². The molecule has 0 saturated carbocycles. The summed E-state index contributed by atoms with van der Waals surface area (Å²) >= 11 is 0. The van der Waals surface area contributed by atoms with Crippen molar-refractivity contribution in [2.75, 3.05) is 0 Å². The lowest BCUT2D eigenvalue weighted by Crippen LogP contribution is -2.17. The van der Waals surface area contributed by atoms with Crippen molar-refractivity contribution in [2.45, 2.75) is 13.1 Å². The predicted octanol–water partition coefficient (Wildman–Crippen LogP) is -0.162. The molecular formula is C9H14N6. The van der Waals surface area contributed by atoms with E-state index in [0.29, 0.717) is 6.54 Å². The van der Waals surface area contributed by atoms with E-state index in [4.69, 9.17) is 0 Å². The number of nitrogens with one attached hydrogen (secondary N) is 1. The van der Waals surface area contributed by atoms with Gasteiger partial charge >= 0.3 is 0 Å². The second-order valence-electron chi connectivity index (χ2n) is 3.42. The van der Waals surface area contributed by atoms with Crippen LogP contribution in [0, 0.1) is 0 Å². The van der Waals surface area contributed by atoms with Gasteiger partial charge in [-0.1, -0.05) is 0 Å². The van der Waals surface area contributed by atoms with Crippen LogP contribution in [-0.2, 0) is 27.2 Å². The van der Waals surface area contributed by atoms with E-state index in [2.05, 4.69) is 20.5 Å². The number of nitrogens with zero attached hydrogens (tertiary/aromatic N) is 5. The van der Waals surface area contributed by atoms with Crippen molar-refractivity contribution in [2.24, 2.45) is 14.1 Å². The molecule has 0 radical (unpaired) electrons. The largest absolute Gasteiger partial charge is 0.337 e. The molecule has 0 fully saturated rings. The molecule has 0 aromatic carbocycles. The first-order valence-electron chi connectivity index (χ1n) is 4.77. The molecule has 0 aliphatic carbocycles. The number of hydrogen-bond acceptors (Lipinski definition) is 4. The van der Waals surface area contributed by atoms with Gasteiger partial charge in [0, 0.05) is 26.5 Å². The summed E-state index contributed by atoms with van der Waals surface area (Å²) in [6.45, 7) is 1.43. The second-order valence-corrected chi connectivity index (χ2v) is 3.42. The quantitative estimate of drug-likeness (QED) is 0.755. The lowest BCUT2D eigenvalue weighted by atomic mass is 10.5. The maximum atomic E-state index is 4.21. The van der Waals surface area contributed by atoms with E-state index in [1.807, 2.05) is 29.4 Å². The smallest absolute Gasteiger partial charge is 0.146 e. The molecular weight excluding hydrogens is 192 g/mol. The summed E-state index contributed by atoms with van der Waals surface area (Å²) in [5.41, 5.74) is 0. The standard InChI is InChI=1S/C9H14N6/c1-14-4-3-11-8(14)5-10-6-9-13-12-7-15(9)2/h3-4,7,10H,5-6H2,1-2H3. The molecule has 15 heavy (non-hydrogen) atoms. The molecule has 80 valence electrons. The molecule has 0 saturated heterocycles. The number of aromatic nitrogens is 5. The zero-order valence-electron chi connectivity index (χ0n) is 8.88. The van der Waals surface area contributed by atoms with Crippen LogP contribution < -0.4 is 5.32 Å². The Hall–Kier alpha value is -1.69. The molecule has 2 aromatic heterocycles. The number of hydrogen-bond donors (Lipinski definition) is 1. The van der Waals surface area contributed by atoms with Gasteiger partial charge in [0.25, 0.3) is 0 Å². The Morgan fingerprint density at radius 2 is 2.00 bits per heavy atom. The molecule has 2 rings (SSSR count). The Morgan fingerprint density at radius 1 is 1.20 bits per heavy atom. The third-order valence-electron chi connectivity index (χ3n) is 2.29. The summed E-state index contributed by atoms with van der Waals surface area (Å²) in [6, 6.07) is 0. The maximum absolute atomic E-state index is 4.21. The molecule has 2 heterocycles. The van der Waals surface area contributed by atoms with Crippen LogP contribution in [0.3, 0.4) is 0 Å². The van der Waals surface area contributed by atoms with Crippen molar-refractivity contribution in [3.63, 3.8) is 0 Å². The van der Waals surface area contributed by atoms with Crippen LogP contribution in [0.2, 0.25) is 0 Å². The van der Waals surface area contributed by atoms with Crippen molar-refractivity contribution in [1.82, 2.24) is 29.6 Å². The van der Waals surface area contributed by atoms with Crippen molar-refractivity contribution >= 4 is 0 Å². The zero-order valence-corrected chi connectivity index (χ0v) is 8.88. The predicted molar refractivity (Wildman–Crippen MR) is 54.8 cm³/mol. The van der Waals surface area contributed by atoms with Crippen molar-refractivity contribution in [1.29, 1.82) is 0 Å². The molecule has 0 unspecified atom stereocenters. The van der Waals surface area contributed by atoms with Gasteiger partial charge in [0.05, 0.1) is 13.1 Å². The highest BCUT2D eigenvalue weighted by Gasteiger charge is 2.01. The van der Waals surface area contributed by atoms with E-state index in [1.54, 1.807) is 12.5 Å². The zero-order chi connectivity index (χ0) is 10.7. The average molecular weight is 206 g/mol. The summed E-state index contributed by atoms with van der Waals surface area (Å²) in [4.78, 5) is 4.21. The van der Waals surface area contributed by atoms with Gasteiger partial charge in [-0.2, -0.15) is 0 Å². The van der Waals surface area contributed by atoms with E-state index in [9.17, 15) is 0 Å². The minimum atomic E-state index is 0.698. The first-order chi connectivity index (χ1) is 7.27. The van der Waals surface area contributed by atoms with Crippen LogP contribution in [0.5, 0.6) is 0 Å². The van der Waals surface area contributed by atoms with Crippen LogP contribution in [0.25, 0.3) is 0 Å². The molecule has 2 aromatic rings. The first-order valence-corrected chi connectivity index (χ1v) is 4.77. The van der Waals surface area contributed by atoms with Gasteiger partial charge in [-0.25, -0.2) is 4.98 Å². The highest BCUT2D eigenvalue weighted by atomic mass is 15.3. The van der Waals surface area contributed by atoms with Crippen LogP contribution in [0.15, 0.2) is 18.7 Å². The Labute approximate surface area is 88.0 Å². The van der Waals surface area contributed by atoms with E-state index in [1.165, 1.54) is 0 Å². The fraction of sp³-hybridized carbons (Fsp3) is 0.444. The fourth-order valence-corrected chi connectivity index (χ4v) is 1.32. The van der Waals surface area contributed by atoms with Crippen molar-refractivity contribution in [3.05, 3.63) is 30.4 Å². The summed E-state index contributed by atoms with van der Waals surface area (Å²) in [5, 5.41) is 11.1. The van der Waals surface area contributed by atoms with Crippen LogP contribution in [-0.4, -0.2) is 24.3 Å². The van der Waals surface area contributed by atoms with Crippen molar-refractivity contribution < 1.29 is 0 Å². The van der Waals surface area contributed by atoms with E-state index >= 15 is 0 Å². The van der Waals surface area contributed by atoms with Gasteiger partial charge in [0.2, 0.25) is 0 Å². The summed E-state index contributed by atoms with van der Waals surface area (Å²) in [5.74, 6) is 1.93. The summed E-state index contributed by atoms with van der Waals surface area (Å²) in [6.07, 6.45) is 5.41. The fourth-order valence-electron chi connectivity index (χ4n) is 1.32. The third kappa shape index (κ3) is 2.21. The number of imidazole rings is 1. The molecule has 0 spiro atoms. The molecule has 0 aliphatic rings. The van der Waals surface area contributed by atoms with E-state index in [-0.39, 0.29) is 0 Å². The van der Waals surface area contributed by atoms with E-state index in [0.717, 1.165) is 18.2 Å². The Bertz CT molecular complexity index is 389. The summed E-state index contributed by atoms with van der Waals surface area (Å²) < 4.78 is 3.88. The van der Waals surface area contributed by atoms with Crippen molar-refractivity contribution in [3.8, 4) is 0 Å². The van der Waals surface area contributed by atoms with Crippen LogP contribution in [0.4, 0.5) is 0 Å². The number of rotatable bonds is 4. The minimum Gasteiger partial charge on any atom is -0.337 e. The monoisotopic (exact) mass is 206 g/mol. The van der Waals surface area contributed by atoms with Gasteiger partial charge in [-0.15, -0.1) is 10.2 Å². The normalized spacial score (nSPS) is 10.8. The topological polar surface area (TPSA) is 60.6 Å². The van der Waals surface area contributed by atoms with Gasteiger partial charge in [-0.3, -0.25) is 0 Å². The Kier molecular flexibility index (Phi) is 2.77. The second kappa shape index (κ2) is 4.22. The molecule has 6 heteroatoms. The van der Waals surface area contributed by atoms with Gasteiger partial charge < -0.3 is 14.5 Å². The maximum Gasteiger partial charge on any atom is 0.146 e. The Balaban J connectivity index is 1.86. The van der Waals surface area contributed by atoms with Gasteiger partial charge in [-0.05, 0) is 0 Å². The highest BCUT2D eigenvalue weighted by Crippen LogP contribution is 1.95. The lowest BCUT2D eigenvalue weighted by molar-refractivity contribution is 0.604. The third-order valence-corrected chi connectivity index (χ3v) is 2.29. The number of aryl methyl sites for hydroxylation is 2. The van der Waals surface area contributed by atoms with Crippen LogP contribution >= 0.6 is 0 Å². The molecule has 0 atom stereocenters. The minimum absolute atomic E-state index is 0.698. The SMILES string of the molecule is Cn1ccnc1CNCc1nncn1C. The average Bonchev–Trinajstić information content (AvgIpc) is 2.78. The lowest BCUT2D eigenvalue weighted by Gasteiger charge is -2.04. The molecule has 6 nitrogen and oxygen atoms in total. The molecule has 1 N–H and O–H groups in total. The Morgan fingerprint density at radius 3 is 2.60 bits per heavy atom. The van der Waals surface area contributed by atoms with Gasteiger partial charge in [0.1, 0.15) is 18.0 Å². The molecule has 0 bridgehead atoms. The van der Waals surface area contributed by atoms with Crippen LogP contribution in [0.1, 0.15) is 11.6 Å². The molecule has 0 aliphatic heterocycles.